The first kappa shape index (κ1) is 25.6. The summed E-state index contributed by atoms with van der Waals surface area (Å²) in [5.74, 6) is 0. The Morgan fingerprint density at radius 2 is 0.917 bits per heavy atom. The van der Waals surface area contributed by atoms with Crippen LogP contribution in [0.25, 0.3) is 17.2 Å². The van der Waals surface area contributed by atoms with E-state index in [0.29, 0.717) is 13.2 Å². The fourth-order valence-electron chi connectivity index (χ4n) is 4.44. The molecule has 2 nitrogen and oxygen atoms in total. The molecule has 0 bridgehead atoms. The Hall–Kier alpha value is -3.50. The van der Waals surface area contributed by atoms with Gasteiger partial charge in [-0.05, 0) is 65.1 Å². The quantitative estimate of drug-likeness (QED) is 0.164. The average Bonchev–Trinajstić information content (AvgIpc) is 2.93. The van der Waals surface area contributed by atoms with Crippen molar-refractivity contribution in [3.05, 3.63) is 149 Å². The van der Waals surface area contributed by atoms with E-state index in [2.05, 4.69) is 134 Å². The molecule has 4 aromatic rings. The van der Waals surface area contributed by atoms with Crippen LogP contribution >= 0.6 is 0 Å². The lowest BCUT2D eigenvalue weighted by molar-refractivity contribution is 0.201. The maximum Gasteiger partial charge on any atom is 0.361 e. The minimum absolute atomic E-state index is 0.652. The molecule has 0 saturated heterocycles. The number of hydrogen-bond acceptors (Lipinski definition) is 2. The summed E-state index contributed by atoms with van der Waals surface area (Å²) in [4.78, 5) is 0. The van der Waals surface area contributed by atoms with E-state index < -0.39 is 8.56 Å². The molecule has 0 heterocycles. The van der Waals surface area contributed by atoms with Crippen molar-refractivity contribution in [2.45, 2.75) is 20.4 Å². The Labute approximate surface area is 216 Å². The molecule has 0 aliphatic heterocycles. The highest BCUT2D eigenvalue weighted by Gasteiger charge is 2.26. The molecule has 0 unspecified atom stereocenters. The smallest absolute Gasteiger partial charge is 0.361 e. The number of benzene rings is 4. The fourth-order valence-corrected chi connectivity index (χ4v) is 6.36. The van der Waals surface area contributed by atoms with Crippen molar-refractivity contribution in [3.8, 4) is 0 Å². The summed E-state index contributed by atoms with van der Waals surface area (Å²) in [6.07, 6.45) is 2.13. The zero-order valence-electron chi connectivity index (χ0n) is 21.4. The van der Waals surface area contributed by atoms with Gasteiger partial charge in [0.1, 0.15) is 0 Å². The minimum Gasteiger partial charge on any atom is -0.392 e. The van der Waals surface area contributed by atoms with Gasteiger partial charge in [-0.15, -0.1) is 0 Å². The Morgan fingerprint density at radius 3 is 1.28 bits per heavy atom. The van der Waals surface area contributed by atoms with Crippen LogP contribution in [0.2, 0.25) is 6.55 Å². The van der Waals surface area contributed by atoms with Gasteiger partial charge in [-0.2, -0.15) is 0 Å². The molecular formula is C33H34O2Si. The first-order chi connectivity index (χ1) is 17.6. The molecule has 182 valence electrons. The highest BCUT2D eigenvalue weighted by molar-refractivity contribution is 6.72. The van der Waals surface area contributed by atoms with E-state index in [9.17, 15) is 0 Å². The van der Waals surface area contributed by atoms with E-state index in [1.807, 2.05) is 13.8 Å². The summed E-state index contributed by atoms with van der Waals surface area (Å²) in [5.41, 5.74) is 10.5. The molecule has 0 radical (unpaired) electrons. The lowest BCUT2D eigenvalue weighted by Gasteiger charge is -2.22. The molecule has 4 aromatic carbocycles. The summed E-state index contributed by atoms with van der Waals surface area (Å²) in [6, 6.07) is 40.7. The molecule has 0 aromatic heterocycles. The maximum atomic E-state index is 5.96. The van der Waals surface area contributed by atoms with E-state index in [4.69, 9.17) is 8.85 Å². The first-order valence-electron chi connectivity index (χ1n) is 12.6. The minimum atomic E-state index is -2.32. The Kier molecular flexibility index (Phi) is 8.85. The molecule has 3 heteroatoms. The molecule has 0 fully saturated rings. The van der Waals surface area contributed by atoms with E-state index in [1.54, 1.807) is 0 Å². The zero-order valence-corrected chi connectivity index (χ0v) is 22.4. The van der Waals surface area contributed by atoms with Crippen molar-refractivity contribution >= 4 is 25.8 Å². The molecule has 0 atom stereocenters. The topological polar surface area (TPSA) is 18.5 Å². The molecule has 0 spiro atoms. The Morgan fingerprint density at radius 1 is 0.556 bits per heavy atom. The summed E-state index contributed by atoms with van der Waals surface area (Å²) in [7, 11) is -2.32. The van der Waals surface area contributed by atoms with Crippen LogP contribution < -0.4 is 0 Å². The molecule has 0 amide bonds. The number of hydrogen-bond donors (Lipinski definition) is 0. The molecule has 4 rings (SSSR count). The maximum absolute atomic E-state index is 5.96. The second kappa shape index (κ2) is 12.5. The summed E-state index contributed by atoms with van der Waals surface area (Å²) < 4.78 is 11.9. The van der Waals surface area contributed by atoms with Gasteiger partial charge < -0.3 is 8.85 Å². The molecule has 0 aliphatic carbocycles. The molecule has 36 heavy (non-hydrogen) atoms. The van der Waals surface area contributed by atoms with Crippen LogP contribution in [0.1, 0.15) is 41.7 Å². The van der Waals surface area contributed by atoms with Crippen molar-refractivity contribution in [2.75, 3.05) is 13.2 Å². The van der Waals surface area contributed by atoms with Gasteiger partial charge in [0.25, 0.3) is 0 Å². The Balaban J connectivity index is 1.83. The van der Waals surface area contributed by atoms with E-state index >= 15 is 0 Å². The highest BCUT2D eigenvalue weighted by atomic mass is 28.4. The average molecular weight is 491 g/mol. The van der Waals surface area contributed by atoms with Crippen LogP contribution in [0, 0.1) is 0 Å². The van der Waals surface area contributed by atoms with E-state index in [1.165, 1.54) is 33.4 Å². The second-order valence-electron chi connectivity index (χ2n) is 8.69. The van der Waals surface area contributed by atoms with Crippen LogP contribution in [-0.4, -0.2) is 21.8 Å². The van der Waals surface area contributed by atoms with Crippen molar-refractivity contribution < 1.29 is 8.85 Å². The zero-order chi connectivity index (χ0) is 25.2. The normalized spacial score (nSPS) is 11.5. The predicted octanol–water partition coefficient (Wildman–Crippen LogP) is 8.39. The van der Waals surface area contributed by atoms with Crippen molar-refractivity contribution in [3.63, 3.8) is 0 Å². The lowest BCUT2D eigenvalue weighted by Crippen LogP contribution is -2.36. The number of rotatable bonds is 10. The highest BCUT2D eigenvalue weighted by Crippen LogP contribution is 2.36. The molecular weight excluding hydrogens is 456 g/mol. The van der Waals surface area contributed by atoms with Crippen molar-refractivity contribution in [1.82, 2.24) is 0 Å². The van der Waals surface area contributed by atoms with Crippen LogP contribution in [0.5, 0.6) is 0 Å². The molecule has 0 saturated carbocycles. The lowest BCUT2D eigenvalue weighted by atomic mass is 9.85. The monoisotopic (exact) mass is 490 g/mol. The van der Waals surface area contributed by atoms with Gasteiger partial charge in [-0.1, -0.05) is 121 Å². The first-order valence-corrected chi connectivity index (χ1v) is 15.0. The van der Waals surface area contributed by atoms with Gasteiger partial charge in [0.2, 0.25) is 0 Å². The van der Waals surface area contributed by atoms with E-state index in [0.717, 1.165) is 5.56 Å². The van der Waals surface area contributed by atoms with Gasteiger partial charge in [0.05, 0.1) is 0 Å². The van der Waals surface area contributed by atoms with Crippen molar-refractivity contribution in [1.29, 1.82) is 0 Å². The fraction of sp³-hybridized carbons (Fsp3) is 0.152. The van der Waals surface area contributed by atoms with Crippen LogP contribution in [-0.2, 0) is 8.85 Å². The van der Waals surface area contributed by atoms with Gasteiger partial charge in [-0.3, -0.25) is 0 Å². The van der Waals surface area contributed by atoms with Gasteiger partial charge >= 0.3 is 8.56 Å². The summed E-state index contributed by atoms with van der Waals surface area (Å²) >= 11 is 0. The predicted molar refractivity (Wildman–Crippen MR) is 155 cm³/mol. The molecule has 0 aliphatic rings. The second-order valence-corrected chi connectivity index (χ2v) is 11.6. The van der Waals surface area contributed by atoms with Gasteiger partial charge in [0.15, 0.2) is 0 Å². The standard InChI is InChI=1S/C33H34O2Si/c1-4-34-36(3,35-5-2)26-25-27-21-23-31(24-22-27)33(30-19-13-8-14-20-30)32(28-15-9-6-10-16-28)29-17-11-7-12-18-29/h6-26H,4-5H2,1-3H3/b26-25+. The summed E-state index contributed by atoms with van der Waals surface area (Å²) in [5, 5.41) is 0. The SMILES string of the molecule is CCO[Si](C)(/C=C/c1ccc(C(=C(c2ccccc2)c2ccccc2)c2ccccc2)cc1)OCC. The van der Waals surface area contributed by atoms with E-state index in [-0.39, 0.29) is 0 Å². The third kappa shape index (κ3) is 6.38. The van der Waals surface area contributed by atoms with Crippen molar-refractivity contribution in [2.24, 2.45) is 0 Å². The van der Waals surface area contributed by atoms with Crippen LogP contribution in [0.15, 0.2) is 121 Å². The van der Waals surface area contributed by atoms with Gasteiger partial charge in [0, 0.05) is 13.2 Å². The summed E-state index contributed by atoms with van der Waals surface area (Å²) in [6.45, 7) is 7.42. The Bertz CT molecular complexity index is 1230. The third-order valence-corrected chi connectivity index (χ3v) is 8.57. The van der Waals surface area contributed by atoms with Gasteiger partial charge in [-0.25, -0.2) is 0 Å². The van der Waals surface area contributed by atoms with Crippen LogP contribution in [0.4, 0.5) is 0 Å². The largest absolute Gasteiger partial charge is 0.392 e. The van der Waals surface area contributed by atoms with Crippen LogP contribution in [0.3, 0.4) is 0 Å². The third-order valence-electron chi connectivity index (χ3n) is 6.08. The molecule has 0 N–H and O–H groups in total.